The van der Waals surface area contributed by atoms with Gasteiger partial charge in [0, 0.05) is 0 Å². The number of hydrogen-bond donors (Lipinski definition) is 4. The van der Waals surface area contributed by atoms with Crippen molar-refractivity contribution in [1.29, 1.82) is 0 Å². The molecule has 4 rings (SSSR count). The first-order valence-electron chi connectivity index (χ1n) is 12.0. The van der Waals surface area contributed by atoms with Gasteiger partial charge >= 0.3 is 19.4 Å². The zero-order chi connectivity index (χ0) is 28.4. The number of carbonyl (C=O) groups is 1. The zero-order valence-corrected chi connectivity index (χ0v) is 22.3. The minimum Gasteiger partial charge on any atom is -0.462 e. The lowest BCUT2D eigenvalue weighted by atomic mass is 10.0. The third kappa shape index (κ3) is 5.74. The van der Waals surface area contributed by atoms with Gasteiger partial charge in [0.25, 0.3) is 6.57 Å². The Morgan fingerprint density at radius 2 is 2.00 bits per heavy atom. The van der Waals surface area contributed by atoms with E-state index in [1.165, 1.54) is 23.8 Å². The molecule has 208 valence electrons. The highest BCUT2D eigenvalue weighted by atomic mass is 31.2. The fourth-order valence-electron chi connectivity index (χ4n) is 4.05. The Hall–Kier alpha value is -3.57. The number of nitrogens with zero attached hydrogens (tertiary/aromatic N) is 4. The third-order valence-electron chi connectivity index (χ3n) is 5.91. The first kappa shape index (κ1) is 28.4. The molecule has 1 aliphatic heterocycles. The van der Waals surface area contributed by atoms with Gasteiger partial charge in [-0.05, 0) is 49.9 Å². The summed E-state index contributed by atoms with van der Waals surface area (Å²) in [5.74, 6) is -0.333. The second-order valence-corrected chi connectivity index (χ2v) is 10.8. The van der Waals surface area contributed by atoms with E-state index in [4.69, 9.17) is 30.8 Å². The number of nitrogens with one attached hydrogen (secondary N) is 1. The predicted octanol–water partition coefficient (Wildman–Crippen LogP) is 1.68. The van der Waals surface area contributed by atoms with E-state index in [2.05, 4.69) is 20.0 Å². The van der Waals surface area contributed by atoms with Crippen LogP contribution in [0.1, 0.15) is 26.5 Å². The molecule has 0 bridgehead atoms. The average Bonchev–Trinajstić information content (AvgIpc) is 3.44. The summed E-state index contributed by atoms with van der Waals surface area (Å²) in [7, 11) is -4.28. The minimum atomic E-state index is -4.28. The van der Waals surface area contributed by atoms with Gasteiger partial charge in [-0.3, -0.25) is 14.1 Å². The van der Waals surface area contributed by atoms with Gasteiger partial charge in [-0.1, -0.05) is 18.2 Å². The Labute approximate surface area is 224 Å². The van der Waals surface area contributed by atoms with Crippen LogP contribution in [-0.4, -0.2) is 67.8 Å². The lowest BCUT2D eigenvalue weighted by Gasteiger charge is -2.24. The molecule has 0 aliphatic carbocycles. The van der Waals surface area contributed by atoms with Crippen molar-refractivity contribution in [3.8, 4) is 12.3 Å². The normalized spacial score (nSPS) is 25.2. The topological polar surface area (TPSA) is 184 Å². The quantitative estimate of drug-likeness (QED) is 0.208. The number of rotatable bonds is 10. The first-order chi connectivity index (χ1) is 18.5. The van der Waals surface area contributed by atoms with Gasteiger partial charge in [-0.15, -0.1) is 0 Å². The van der Waals surface area contributed by atoms with Crippen LogP contribution in [0.2, 0.25) is 0 Å². The summed E-state index contributed by atoms with van der Waals surface area (Å²) in [6.07, 6.45) is -3.75. The monoisotopic (exact) mass is 561 g/mol. The molecule has 5 N–H and O–H groups in total. The van der Waals surface area contributed by atoms with Gasteiger partial charge in [-0.2, -0.15) is 10.2 Å². The number of aromatic nitrogens is 3. The van der Waals surface area contributed by atoms with E-state index in [1.807, 2.05) is 0 Å². The van der Waals surface area contributed by atoms with E-state index in [9.17, 15) is 19.6 Å². The van der Waals surface area contributed by atoms with E-state index < -0.39 is 56.5 Å². The number of esters is 1. The lowest BCUT2D eigenvalue weighted by Crippen LogP contribution is -2.40. The third-order valence-corrected chi connectivity index (χ3v) is 7.56. The molecule has 3 aromatic rings. The van der Waals surface area contributed by atoms with Gasteiger partial charge in [0.15, 0.2) is 17.6 Å². The molecular weight excluding hydrogens is 531 g/mol. The number of para-hydroxylation sites is 1. The molecule has 15 heteroatoms. The summed E-state index contributed by atoms with van der Waals surface area (Å²) in [5.41, 5.74) is 4.48. The number of carbonyl (C=O) groups excluding carboxylic acids is 1. The van der Waals surface area contributed by atoms with Crippen molar-refractivity contribution in [3.05, 3.63) is 59.3 Å². The second kappa shape index (κ2) is 11.3. The van der Waals surface area contributed by atoms with Crippen LogP contribution in [0.3, 0.4) is 0 Å². The first-order valence-corrected chi connectivity index (χ1v) is 13.6. The molecule has 1 aliphatic rings. The van der Waals surface area contributed by atoms with E-state index in [0.29, 0.717) is 5.52 Å². The van der Waals surface area contributed by atoms with Gasteiger partial charge in [0.1, 0.15) is 35.8 Å². The second-order valence-electron chi connectivity index (χ2n) is 9.11. The van der Waals surface area contributed by atoms with Gasteiger partial charge < -0.3 is 25.2 Å². The van der Waals surface area contributed by atoms with Crippen LogP contribution in [0.5, 0.6) is 5.75 Å². The van der Waals surface area contributed by atoms with E-state index >= 15 is 0 Å². The maximum atomic E-state index is 13.8. The number of ether oxygens (including phenoxy) is 2. The van der Waals surface area contributed by atoms with Crippen molar-refractivity contribution in [2.45, 2.75) is 57.0 Å². The maximum Gasteiger partial charge on any atom is 0.459 e. The standard InChI is InChI=1S/C24H30N6O8P/c1-14(2)36-23(33)15(3)29-39(34,38-16-8-6-5-7-9-16)35-12-18-20(31)21(32)24(26-4,37-18)19-11-10-17-22(25)27-13-28-30(17)19/h4-11,13-15,18,20-21,31-32H,12H2,1-3H3,(H,29,34)(H2,25,27,28)/q+1/t15-,18+,20+,21+,24-,39-/m0/s1. The number of nitrogens with two attached hydrogens (primary N) is 1. The molecule has 0 radical (unpaired) electrons. The van der Waals surface area contributed by atoms with E-state index in [-0.39, 0.29) is 17.3 Å². The average molecular weight is 562 g/mol. The van der Waals surface area contributed by atoms with Crippen molar-refractivity contribution < 1.29 is 38.1 Å². The smallest absolute Gasteiger partial charge is 0.459 e. The Bertz CT molecular complexity index is 1410. The fourth-order valence-corrected chi connectivity index (χ4v) is 5.55. The molecule has 0 unspecified atom stereocenters. The molecule has 2 aromatic heterocycles. The Morgan fingerprint density at radius 1 is 1.28 bits per heavy atom. The fraction of sp³-hybridized carbons (Fsp3) is 0.417. The SMILES string of the molecule is C#[N+][C@@]1(c2ccc3c(N)ncnn23)O[C@H](CO[P@@](=O)(N[C@@H](C)C(=O)OC(C)C)Oc2ccccc2)[C@@H](O)[C@H]1O. The number of aliphatic hydroxyl groups is 2. The number of anilines is 1. The summed E-state index contributed by atoms with van der Waals surface area (Å²) in [6, 6.07) is 10.1. The molecule has 0 spiro atoms. The molecular formula is C24H30N6O8P+. The van der Waals surface area contributed by atoms with E-state index in [1.54, 1.807) is 50.2 Å². The van der Waals surface area contributed by atoms with Gasteiger partial charge in [-0.25, -0.2) is 14.1 Å². The van der Waals surface area contributed by atoms with Crippen LogP contribution in [0.25, 0.3) is 10.4 Å². The molecule has 1 saturated heterocycles. The van der Waals surface area contributed by atoms with Crippen LogP contribution in [-0.2, 0) is 29.1 Å². The summed E-state index contributed by atoms with van der Waals surface area (Å²) in [5, 5.41) is 28.5. The number of fused-ring (bicyclic) bond motifs is 1. The van der Waals surface area contributed by atoms with E-state index in [0.717, 1.165) is 0 Å². The highest BCUT2D eigenvalue weighted by Crippen LogP contribution is 2.47. The van der Waals surface area contributed by atoms with Crippen LogP contribution >= 0.6 is 7.75 Å². The summed E-state index contributed by atoms with van der Waals surface area (Å²) >= 11 is 0. The summed E-state index contributed by atoms with van der Waals surface area (Å²) in [4.78, 5) is 20.0. The minimum absolute atomic E-state index is 0.159. The van der Waals surface area contributed by atoms with Crippen LogP contribution in [0.4, 0.5) is 5.82 Å². The maximum absolute atomic E-state index is 13.8. The van der Waals surface area contributed by atoms with Crippen molar-refractivity contribution >= 4 is 25.1 Å². The van der Waals surface area contributed by atoms with Crippen LogP contribution < -0.4 is 15.3 Å². The Kier molecular flexibility index (Phi) is 8.22. The number of aliphatic hydroxyl groups excluding tert-OH is 2. The Balaban J connectivity index is 1.58. The zero-order valence-electron chi connectivity index (χ0n) is 21.4. The molecule has 14 nitrogen and oxygen atoms in total. The molecule has 0 saturated carbocycles. The summed E-state index contributed by atoms with van der Waals surface area (Å²) in [6.45, 7) is 9.91. The lowest BCUT2D eigenvalue weighted by molar-refractivity contribution is -0.149. The molecule has 3 heterocycles. The molecule has 1 aromatic carbocycles. The highest BCUT2D eigenvalue weighted by Gasteiger charge is 2.66. The number of hydrogen-bond acceptors (Lipinski definition) is 11. The summed E-state index contributed by atoms with van der Waals surface area (Å²) < 4.78 is 37.4. The highest BCUT2D eigenvalue weighted by molar-refractivity contribution is 7.52. The van der Waals surface area contributed by atoms with Gasteiger partial charge in [0.05, 0.1) is 12.7 Å². The largest absolute Gasteiger partial charge is 0.462 e. The number of nitrogen functional groups attached to an aromatic ring is 1. The number of benzene rings is 1. The van der Waals surface area contributed by atoms with Gasteiger partial charge in [0.2, 0.25) is 0 Å². The van der Waals surface area contributed by atoms with Crippen molar-refractivity contribution in [3.63, 3.8) is 0 Å². The molecule has 39 heavy (non-hydrogen) atoms. The molecule has 6 atom stereocenters. The van der Waals surface area contributed by atoms with Crippen molar-refractivity contribution in [1.82, 2.24) is 19.7 Å². The molecule has 0 amide bonds. The predicted molar refractivity (Wildman–Crippen MR) is 139 cm³/mol. The Morgan fingerprint density at radius 3 is 2.67 bits per heavy atom. The van der Waals surface area contributed by atoms with Crippen LogP contribution in [0, 0.1) is 6.57 Å². The van der Waals surface area contributed by atoms with Crippen molar-refractivity contribution in [2.75, 3.05) is 12.3 Å². The van der Waals surface area contributed by atoms with Crippen molar-refractivity contribution in [2.24, 2.45) is 0 Å². The molecule has 1 fully saturated rings. The van der Waals surface area contributed by atoms with Crippen LogP contribution in [0.15, 0.2) is 48.8 Å².